The summed E-state index contributed by atoms with van der Waals surface area (Å²) in [6, 6.07) is 0. The molecule has 21 heavy (non-hydrogen) atoms. The molecule has 1 fully saturated rings. The third kappa shape index (κ3) is 3.30. The summed E-state index contributed by atoms with van der Waals surface area (Å²) in [5.74, 6) is -0.425. The number of carbonyl (C=O) groups excluding carboxylic acids is 1. The van der Waals surface area contributed by atoms with Gasteiger partial charge in [-0.3, -0.25) is 19.9 Å². The summed E-state index contributed by atoms with van der Waals surface area (Å²) in [6.07, 6.45) is 3.60. The van der Waals surface area contributed by atoms with Gasteiger partial charge in [0.1, 0.15) is 11.9 Å². The second-order valence-corrected chi connectivity index (χ2v) is 5.74. The van der Waals surface area contributed by atoms with Crippen LogP contribution in [0.2, 0.25) is 0 Å². The average Bonchev–Trinajstić information content (AvgIpc) is 2.46. The zero-order chi connectivity index (χ0) is 15.5. The molecular formula is C12H15BrN4O4. The Morgan fingerprint density at radius 2 is 2.19 bits per heavy atom. The lowest BCUT2D eigenvalue weighted by Crippen LogP contribution is -2.46. The third-order valence-corrected chi connectivity index (χ3v) is 4.25. The first-order chi connectivity index (χ1) is 9.96. The van der Waals surface area contributed by atoms with Crippen molar-refractivity contribution in [2.75, 3.05) is 25.1 Å². The van der Waals surface area contributed by atoms with Gasteiger partial charge in [0.2, 0.25) is 5.91 Å². The minimum absolute atomic E-state index is 0.156. The van der Waals surface area contributed by atoms with Crippen molar-refractivity contribution in [2.45, 2.75) is 12.8 Å². The van der Waals surface area contributed by atoms with Gasteiger partial charge in [0.15, 0.2) is 0 Å². The van der Waals surface area contributed by atoms with Crippen molar-refractivity contribution in [3.63, 3.8) is 0 Å². The Hall–Kier alpha value is -1.74. The van der Waals surface area contributed by atoms with Gasteiger partial charge in [-0.15, -0.1) is 0 Å². The molecule has 2 rings (SSSR count). The maximum Gasteiger partial charge on any atom is 0.311 e. The molecule has 1 aliphatic heterocycles. The van der Waals surface area contributed by atoms with Gasteiger partial charge < -0.3 is 15.8 Å². The minimum atomic E-state index is -0.755. The Labute approximate surface area is 129 Å². The molecule has 3 N–H and O–H groups in total. The van der Waals surface area contributed by atoms with Crippen LogP contribution in [0.5, 0.6) is 0 Å². The van der Waals surface area contributed by atoms with Gasteiger partial charge in [-0.1, -0.05) is 0 Å². The van der Waals surface area contributed by atoms with E-state index in [1.165, 1.54) is 6.20 Å². The lowest BCUT2D eigenvalue weighted by molar-refractivity contribution is -0.384. The lowest BCUT2D eigenvalue weighted by Gasteiger charge is -2.34. The monoisotopic (exact) mass is 358 g/mol. The topological polar surface area (TPSA) is 120 Å². The lowest BCUT2D eigenvalue weighted by atomic mass is 9.79. The smallest absolute Gasteiger partial charge is 0.311 e. The summed E-state index contributed by atoms with van der Waals surface area (Å²) >= 11 is 3.22. The zero-order valence-electron chi connectivity index (χ0n) is 11.2. The van der Waals surface area contributed by atoms with Crippen LogP contribution in [0.1, 0.15) is 12.8 Å². The van der Waals surface area contributed by atoms with E-state index < -0.39 is 16.2 Å². The van der Waals surface area contributed by atoms with Crippen molar-refractivity contribution >= 4 is 33.2 Å². The maximum atomic E-state index is 11.8. The molecule has 0 spiro atoms. The van der Waals surface area contributed by atoms with Crippen molar-refractivity contribution in [2.24, 2.45) is 11.1 Å². The van der Waals surface area contributed by atoms with Crippen LogP contribution in [0.3, 0.4) is 0 Å². The van der Waals surface area contributed by atoms with E-state index in [4.69, 9.17) is 10.5 Å². The molecule has 1 aromatic heterocycles. The van der Waals surface area contributed by atoms with Crippen LogP contribution < -0.4 is 11.1 Å². The zero-order valence-corrected chi connectivity index (χ0v) is 12.8. The van der Waals surface area contributed by atoms with Crippen molar-refractivity contribution < 1.29 is 14.5 Å². The molecular weight excluding hydrogens is 344 g/mol. The van der Waals surface area contributed by atoms with Gasteiger partial charge in [-0.05, 0) is 28.8 Å². The summed E-state index contributed by atoms with van der Waals surface area (Å²) in [5, 5.41) is 14.0. The van der Waals surface area contributed by atoms with E-state index in [1.807, 2.05) is 0 Å². The molecule has 0 atom stereocenters. The maximum absolute atomic E-state index is 11.8. The Balaban J connectivity index is 2.22. The Morgan fingerprint density at radius 1 is 1.52 bits per heavy atom. The predicted molar refractivity (Wildman–Crippen MR) is 78.8 cm³/mol. The molecule has 114 valence electrons. The van der Waals surface area contributed by atoms with Gasteiger partial charge in [-0.2, -0.15) is 0 Å². The second-order valence-electron chi connectivity index (χ2n) is 4.88. The molecule has 2 heterocycles. The normalized spacial score (nSPS) is 17.2. The summed E-state index contributed by atoms with van der Waals surface area (Å²) in [4.78, 5) is 26.0. The number of hydrogen-bond acceptors (Lipinski definition) is 6. The van der Waals surface area contributed by atoms with E-state index in [2.05, 4.69) is 26.2 Å². The first kappa shape index (κ1) is 15.6. The van der Waals surface area contributed by atoms with Gasteiger partial charge in [0.25, 0.3) is 0 Å². The Morgan fingerprint density at radius 3 is 2.76 bits per heavy atom. The molecule has 0 aromatic carbocycles. The highest BCUT2D eigenvalue weighted by Crippen LogP contribution is 2.35. The van der Waals surface area contributed by atoms with Crippen LogP contribution in [0, 0.1) is 15.5 Å². The number of nitro groups is 1. The molecule has 1 saturated heterocycles. The largest absolute Gasteiger partial charge is 0.381 e. The molecule has 0 radical (unpaired) electrons. The molecule has 9 heteroatoms. The minimum Gasteiger partial charge on any atom is -0.381 e. The molecule has 0 aliphatic carbocycles. The predicted octanol–water partition coefficient (Wildman–Crippen LogP) is 1.45. The third-order valence-electron chi connectivity index (χ3n) is 3.65. The summed E-state index contributed by atoms with van der Waals surface area (Å²) in [5.41, 5.74) is 4.89. The number of carbonyl (C=O) groups is 1. The van der Waals surface area contributed by atoms with Gasteiger partial charge >= 0.3 is 5.69 Å². The quantitative estimate of drug-likeness (QED) is 0.606. The number of primary amides is 1. The van der Waals surface area contributed by atoms with Crippen LogP contribution in [0.4, 0.5) is 11.4 Å². The molecule has 0 unspecified atom stereocenters. The molecule has 8 nitrogen and oxygen atoms in total. The molecule has 0 bridgehead atoms. The molecule has 0 saturated carbocycles. The number of nitrogens with zero attached hydrogens (tertiary/aromatic N) is 2. The highest BCUT2D eigenvalue weighted by atomic mass is 79.9. The second kappa shape index (κ2) is 6.35. The number of halogens is 1. The fourth-order valence-corrected chi connectivity index (χ4v) is 2.73. The molecule has 1 aliphatic rings. The van der Waals surface area contributed by atoms with Crippen LogP contribution in [0.25, 0.3) is 0 Å². The van der Waals surface area contributed by atoms with Gasteiger partial charge in [0, 0.05) is 26.0 Å². The van der Waals surface area contributed by atoms with Crippen LogP contribution in [-0.2, 0) is 9.53 Å². The summed E-state index contributed by atoms with van der Waals surface area (Å²) in [7, 11) is 0. The number of aromatic nitrogens is 1. The van der Waals surface area contributed by atoms with E-state index in [1.54, 1.807) is 0 Å². The standard InChI is InChI=1S/C12H15BrN4O4/c13-8-5-15-6-9(17(19)20)10(8)16-7-12(11(14)18)1-3-21-4-2-12/h5-6H,1-4,7H2,(H2,14,18)(H,15,16). The summed E-state index contributed by atoms with van der Waals surface area (Å²) < 4.78 is 5.71. The Bertz CT molecular complexity index is 560. The van der Waals surface area contributed by atoms with Crippen molar-refractivity contribution in [3.8, 4) is 0 Å². The van der Waals surface area contributed by atoms with Gasteiger partial charge in [-0.25, -0.2) is 0 Å². The van der Waals surface area contributed by atoms with Crippen LogP contribution >= 0.6 is 15.9 Å². The van der Waals surface area contributed by atoms with E-state index >= 15 is 0 Å². The number of amides is 1. The average molecular weight is 359 g/mol. The van der Waals surface area contributed by atoms with Gasteiger partial charge in [0.05, 0.1) is 14.8 Å². The van der Waals surface area contributed by atoms with E-state index in [-0.39, 0.29) is 12.2 Å². The number of rotatable bonds is 5. The highest BCUT2D eigenvalue weighted by molar-refractivity contribution is 9.10. The Kier molecular flexibility index (Phi) is 4.73. The number of hydrogen-bond donors (Lipinski definition) is 2. The van der Waals surface area contributed by atoms with Crippen molar-refractivity contribution in [3.05, 3.63) is 27.0 Å². The van der Waals surface area contributed by atoms with E-state index in [0.29, 0.717) is 36.2 Å². The number of pyridine rings is 1. The first-order valence-electron chi connectivity index (χ1n) is 6.36. The molecule has 1 aromatic rings. The fraction of sp³-hybridized carbons (Fsp3) is 0.500. The van der Waals surface area contributed by atoms with E-state index in [9.17, 15) is 14.9 Å². The number of ether oxygens (including phenoxy) is 1. The van der Waals surface area contributed by atoms with Crippen molar-refractivity contribution in [1.82, 2.24) is 4.98 Å². The molecule has 1 amide bonds. The van der Waals surface area contributed by atoms with E-state index in [0.717, 1.165) is 6.20 Å². The first-order valence-corrected chi connectivity index (χ1v) is 7.15. The summed E-state index contributed by atoms with van der Waals surface area (Å²) in [6.45, 7) is 1.11. The highest BCUT2D eigenvalue weighted by Gasteiger charge is 2.38. The number of anilines is 1. The number of nitrogens with one attached hydrogen (secondary N) is 1. The number of nitrogens with two attached hydrogens (primary N) is 1. The van der Waals surface area contributed by atoms with Crippen LogP contribution in [0.15, 0.2) is 16.9 Å². The SMILES string of the molecule is NC(=O)C1(CNc2c(Br)cncc2[N+](=O)[O-])CCOCC1. The van der Waals surface area contributed by atoms with Crippen molar-refractivity contribution in [1.29, 1.82) is 0 Å². The van der Waals surface area contributed by atoms with Crippen LogP contribution in [-0.4, -0.2) is 35.6 Å². The fourth-order valence-electron chi connectivity index (χ4n) is 2.27.